The second kappa shape index (κ2) is 10.7. The Bertz CT molecular complexity index is 1180. The van der Waals surface area contributed by atoms with Crippen LogP contribution < -0.4 is 20.5 Å². The second-order valence-electron chi connectivity index (χ2n) is 8.55. The lowest BCUT2D eigenvalue weighted by molar-refractivity contribution is 0.100. The number of nitrogens with zero attached hydrogens (tertiary/aromatic N) is 2. The van der Waals surface area contributed by atoms with E-state index in [9.17, 15) is 9.90 Å². The van der Waals surface area contributed by atoms with E-state index in [4.69, 9.17) is 15.2 Å². The monoisotopic (exact) mass is 464 g/mol. The number of fused-ring (bicyclic) bond motifs is 1. The maximum absolute atomic E-state index is 12.3. The molecule has 0 bridgehead atoms. The number of aromatic nitrogens is 1. The Labute approximate surface area is 199 Å². The molecular formula is C26H32N4O4. The number of rotatable bonds is 9. The van der Waals surface area contributed by atoms with Gasteiger partial charge in [-0.1, -0.05) is 18.6 Å². The third kappa shape index (κ3) is 5.08. The van der Waals surface area contributed by atoms with Gasteiger partial charge in [-0.3, -0.25) is 14.7 Å². The summed E-state index contributed by atoms with van der Waals surface area (Å²) in [6.07, 6.45) is 5.22. The van der Waals surface area contributed by atoms with Gasteiger partial charge in [0.2, 0.25) is 0 Å². The highest BCUT2D eigenvalue weighted by Crippen LogP contribution is 2.38. The minimum atomic E-state index is -0.587. The molecule has 0 radical (unpaired) electrons. The van der Waals surface area contributed by atoms with Crippen LogP contribution in [0.3, 0.4) is 0 Å². The number of hydrogen-bond donors (Lipinski definition) is 3. The number of benzene rings is 2. The molecule has 1 saturated heterocycles. The van der Waals surface area contributed by atoms with Crippen LogP contribution in [-0.2, 0) is 6.61 Å². The van der Waals surface area contributed by atoms with Crippen LogP contribution in [0.15, 0.2) is 36.5 Å². The third-order valence-corrected chi connectivity index (χ3v) is 6.41. The van der Waals surface area contributed by atoms with Gasteiger partial charge in [0, 0.05) is 29.9 Å². The van der Waals surface area contributed by atoms with E-state index >= 15 is 0 Å². The molecule has 1 aliphatic rings. The van der Waals surface area contributed by atoms with Crippen molar-refractivity contribution in [1.29, 1.82) is 0 Å². The fourth-order valence-corrected chi connectivity index (χ4v) is 4.39. The van der Waals surface area contributed by atoms with Crippen molar-refractivity contribution in [3.8, 4) is 11.5 Å². The second-order valence-corrected chi connectivity index (χ2v) is 8.55. The van der Waals surface area contributed by atoms with Gasteiger partial charge in [-0.25, -0.2) is 0 Å². The van der Waals surface area contributed by atoms with Gasteiger partial charge in [0.1, 0.15) is 6.61 Å². The fraction of sp³-hybridized carbons (Fsp3) is 0.385. The molecule has 8 heteroatoms. The number of anilines is 2. The lowest BCUT2D eigenvalue weighted by Gasteiger charge is -2.26. The van der Waals surface area contributed by atoms with Crippen LogP contribution in [0.2, 0.25) is 0 Å². The van der Waals surface area contributed by atoms with Crippen molar-refractivity contribution in [2.24, 2.45) is 5.73 Å². The molecule has 0 atom stereocenters. The van der Waals surface area contributed by atoms with Gasteiger partial charge < -0.3 is 25.6 Å². The van der Waals surface area contributed by atoms with E-state index in [1.807, 2.05) is 31.2 Å². The Morgan fingerprint density at radius 3 is 2.71 bits per heavy atom. The van der Waals surface area contributed by atoms with E-state index in [1.165, 1.54) is 25.5 Å². The predicted molar refractivity (Wildman–Crippen MR) is 133 cm³/mol. The highest BCUT2D eigenvalue weighted by Gasteiger charge is 2.18. The summed E-state index contributed by atoms with van der Waals surface area (Å²) in [6, 6.07) is 9.26. The van der Waals surface area contributed by atoms with Gasteiger partial charge >= 0.3 is 0 Å². The van der Waals surface area contributed by atoms with Gasteiger partial charge in [-0.2, -0.15) is 0 Å². The summed E-state index contributed by atoms with van der Waals surface area (Å²) in [7, 11) is 1.60. The number of pyridine rings is 1. The maximum Gasteiger partial charge on any atom is 0.252 e. The van der Waals surface area contributed by atoms with E-state index in [1.54, 1.807) is 13.2 Å². The molecule has 34 heavy (non-hydrogen) atoms. The molecule has 4 N–H and O–H groups in total. The van der Waals surface area contributed by atoms with Crippen molar-refractivity contribution in [2.45, 2.75) is 32.8 Å². The Morgan fingerprint density at radius 2 is 2.00 bits per heavy atom. The zero-order valence-electron chi connectivity index (χ0n) is 19.8. The number of hydrogen-bond acceptors (Lipinski definition) is 7. The minimum absolute atomic E-state index is 0.0761. The Kier molecular flexibility index (Phi) is 7.49. The van der Waals surface area contributed by atoms with Crippen LogP contribution in [0, 0.1) is 6.92 Å². The van der Waals surface area contributed by atoms with Gasteiger partial charge in [0.25, 0.3) is 5.91 Å². The third-order valence-electron chi connectivity index (χ3n) is 6.41. The van der Waals surface area contributed by atoms with Crippen molar-refractivity contribution in [3.63, 3.8) is 0 Å². The van der Waals surface area contributed by atoms with Gasteiger partial charge in [0.15, 0.2) is 11.5 Å². The molecule has 1 aliphatic heterocycles. The molecule has 1 amide bonds. The number of amides is 1. The van der Waals surface area contributed by atoms with Crippen LogP contribution in [0.4, 0.5) is 11.4 Å². The molecule has 180 valence electrons. The number of methoxy groups -OCH3 is 1. The lowest BCUT2D eigenvalue weighted by Crippen LogP contribution is -2.33. The molecule has 0 spiro atoms. The number of carbonyl (C=O) groups is 1. The van der Waals surface area contributed by atoms with E-state index in [-0.39, 0.29) is 12.2 Å². The standard InChI is InChI=1S/C26H32N4O4/c1-17-18(16-31)7-6-8-21(17)29-25-19-13-24(34-12-11-30-9-4-3-5-10-30)23(33-2)14-22(19)28-15-20(25)26(27)32/h6-8,13-15,31H,3-5,9-12,16H2,1-2H3,(H2,27,32)(H,28,29). The maximum atomic E-state index is 12.3. The fourth-order valence-electron chi connectivity index (χ4n) is 4.39. The first-order chi connectivity index (χ1) is 16.5. The lowest BCUT2D eigenvalue weighted by atomic mass is 10.0. The quantitative estimate of drug-likeness (QED) is 0.442. The smallest absolute Gasteiger partial charge is 0.252 e. The van der Waals surface area contributed by atoms with Crippen molar-refractivity contribution >= 4 is 28.2 Å². The zero-order chi connectivity index (χ0) is 24.1. The first kappa shape index (κ1) is 23.8. The number of ether oxygens (including phenoxy) is 2. The molecular weight excluding hydrogens is 432 g/mol. The van der Waals surface area contributed by atoms with E-state index in [2.05, 4.69) is 15.2 Å². The van der Waals surface area contributed by atoms with Crippen molar-refractivity contribution in [1.82, 2.24) is 9.88 Å². The minimum Gasteiger partial charge on any atom is -0.493 e. The number of aliphatic hydroxyl groups is 1. The average Bonchev–Trinajstić information content (AvgIpc) is 2.85. The zero-order valence-corrected chi connectivity index (χ0v) is 19.8. The molecule has 4 rings (SSSR count). The largest absolute Gasteiger partial charge is 0.493 e. The van der Waals surface area contributed by atoms with Gasteiger partial charge in [0.05, 0.1) is 30.5 Å². The summed E-state index contributed by atoms with van der Waals surface area (Å²) in [5.41, 5.74) is 9.60. The predicted octanol–water partition coefficient (Wildman–Crippen LogP) is 3.75. The van der Waals surface area contributed by atoms with Crippen LogP contribution >= 0.6 is 0 Å². The summed E-state index contributed by atoms with van der Waals surface area (Å²) >= 11 is 0. The molecule has 2 heterocycles. The number of piperidine rings is 1. The van der Waals surface area contributed by atoms with E-state index < -0.39 is 5.91 Å². The molecule has 3 aromatic rings. The molecule has 1 fully saturated rings. The summed E-state index contributed by atoms with van der Waals surface area (Å²) in [5, 5.41) is 13.7. The summed E-state index contributed by atoms with van der Waals surface area (Å²) in [6.45, 7) is 5.42. The van der Waals surface area contributed by atoms with E-state index in [0.717, 1.165) is 36.4 Å². The first-order valence-corrected chi connectivity index (χ1v) is 11.6. The molecule has 1 aromatic heterocycles. The Hall–Kier alpha value is -3.36. The Balaban J connectivity index is 1.71. The topological polar surface area (TPSA) is 110 Å². The summed E-state index contributed by atoms with van der Waals surface area (Å²) < 4.78 is 11.7. The Morgan fingerprint density at radius 1 is 1.21 bits per heavy atom. The van der Waals surface area contributed by atoms with Crippen LogP contribution in [-0.4, -0.2) is 54.2 Å². The molecule has 0 saturated carbocycles. The number of primary amides is 1. The van der Waals surface area contributed by atoms with Gasteiger partial charge in [-0.15, -0.1) is 0 Å². The van der Waals surface area contributed by atoms with Crippen LogP contribution in [0.1, 0.15) is 40.7 Å². The number of nitrogens with two attached hydrogens (primary N) is 1. The highest BCUT2D eigenvalue weighted by atomic mass is 16.5. The first-order valence-electron chi connectivity index (χ1n) is 11.6. The number of carbonyl (C=O) groups excluding carboxylic acids is 1. The summed E-state index contributed by atoms with van der Waals surface area (Å²) in [5.74, 6) is 0.574. The SMILES string of the molecule is COc1cc2ncc(C(N)=O)c(Nc3cccc(CO)c3C)c2cc1OCCN1CCCCC1. The van der Waals surface area contributed by atoms with Crippen molar-refractivity contribution < 1.29 is 19.4 Å². The van der Waals surface area contributed by atoms with Crippen LogP contribution in [0.25, 0.3) is 10.9 Å². The normalized spacial score (nSPS) is 14.2. The number of likely N-dealkylation sites (tertiary alicyclic amines) is 1. The van der Waals surface area contributed by atoms with Crippen LogP contribution in [0.5, 0.6) is 11.5 Å². The van der Waals surface area contributed by atoms with Gasteiger partial charge in [-0.05, 0) is 56.1 Å². The molecule has 0 aliphatic carbocycles. The van der Waals surface area contributed by atoms with Crippen molar-refractivity contribution in [3.05, 3.63) is 53.2 Å². The average molecular weight is 465 g/mol. The molecule has 2 aromatic carbocycles. The van der Waals surface area contributed by atoms with E-state index in [0.29, 0.717) is 34.7 Å². The highest BCUT2D eigenvalue weighted by molar-refractivity contribution is 6.08. The molecule has 0 unspecified atom stereocenters. The summed E-state index contributed by atoms with van der Waals surface area (Å²) in [4.78, 5) is 19.1. The number of aliphatic hydroxyl groups excluding tert-OH is 1. The van der Waals surface area contributed by atoms with Crippen molar-refractivity contribution in [2.75, 3.05) is 38.7 Å². The molecule has 8 nitrogen and oxygen atoms in total. The number of nitrogens with one attached hydrogen (secondary N) is 1.